The molecule has 1 aliphatic rings. The summed E-state index contributed by atoms with van der Waals surface area (Å²) in [4.78, 5) is 12.3. The molecule has 0 aromatic heterocycles. The number of nitrogens with zero attached hydrogens (tertiary/aromatic N) is 1. The van der Waals surface area contributed by atoms with Gasteiger partial charge in [0, 0.05) is 18.8 Å². The maximum atomic E-state index is 13.1. The predicted octanol–water partition coefficient (Wildman–Crippen LogP) is 3.20. The summed E-state index contributed by atoms with van der Waals surface area (Å²) in [5.74, 6) is 0.468. The highest BCUT2D eigenvalue weighted by molar-refractivity contribution is 7.89. The van der Waals surface area contributed by atoms with E-state index in [-0.39, 0.29) is 23.2 Å². The Kier molecular flexibility index (Phi) is 6.76. The molecule has 8 heteroatoms. The molecule has 1 saturated heterocycles. The predicted molar refractivity (Wildman–Crippen MR) is 111 cm³/mol. The summed E-state index contributed by atoms with van der Waals surface area (Å²) < 4.78 is 38.3. The van der Waals surface area contributed by atoms with Gasteiger partial charge in [0.1, 0.15) is 16.4 Å². The molecule has 0 saturated carbocycles. The lowest BCUT2D eigenvalue weighted by Gasteiger charge is -2.26. The van der Waals surface area contributed by atoms with Gasteiger partial charge in [-0.25, -0.2) is 8.42 Å². The maximum absolute atomic E-state index is 13.1. The molecule has 0 bridgehead atoms. The van der Waals surface area contributed by atoms with Crippen molar-refractivity contribution >= 4 is 21.6 Å². The Morgan fingerprint density at radius 1 is 1.07 bits per heavy atom. The number of carbonyl (C=O) groups is 1. The van der Waals surface area contributed by atoms with Gasteiger partial charge in [-0.15, -0.1) is 0 Å². The molecular weight excluding hydrogens is 392 g/mol. The molecule has 1 aliphatic heterocycles. The monoisotopic (exact) mass is 418 g/mol. The molecule has 29 heavy (non-hydrogen) atoms. The molecule has 0 aliphatic carbocycles. The molecule has 1 N–H and O–H groups in total. The van der Waals surface area contributed by atoms with Gasteiger partial charge in [-0.05, 0) is 50.1 Å². The standard InChI is InChI=1S/C21H26N2O5S/c1-16-6-9-18(10-7-16)28-15-21(24)22-17-8-11-19(27-2)20(14-17)29(25,26)23-12-4-3-5-13-23/h6-11,14H,3-5,12-13,15H2,1-2H3,(H,22,24). The van der Waals surface area contributed by atoms with E-state index in [9.17, 15) is 13.2 Å². The van der Waals surface area contributed by atoms with Crippen LogP contribution in [-0.4, -0.2) is 45.4 Å². The number of rotatable bonds is 7. The van der Waals surface area contributed by atoms with E-state index >= 15 is 0 Å². The highest BCUT2D eigenvalue weighted by atomic mass is 32.2. The number of hydrogen-bond donors (Lipinski definition) is 1. The minimum absolute atomic E-state index is 0.0548. The van der Waals surface area contributed by atoms with Crippen molar-refractivity contribution in [3.8, 4) is 11.5 Å². The van der Waals surface area contributed by atoms with Crippen molar-refractivity contribution in [3.05, 3.63) is 48.0 Å². The summed E-state index contributed by atoms with van der Waals surface area (Å²) in [7, 11) is -2.27. The summed E-state index contributed by atoms with van der Waals surface area (Å²) in [6, 6.07) is 12.0. The molecule has 2 aromatic rings. The molecule has 7 nitrogen and oxygen atoms in total. The average Bonchev–Trinajstić information content (AvgIpc) is 2.74. The largest absolute Gasteiger partial charge is 0.495 e. The molecule has 2 aromatic carbocycles. The van der Waals surface area contributed by atoms with Crippen molar-refractivity contribution < 1.29 is 22.7 Å². The van der Waals surface area contributed by atoms with E-state index in [0.29, 0.717) is 24.5 Å². The summed E-state index contributed by atoms with van der Waals surface area (Å²) in [6.45, 7) is 2.78. The first-order valence-electron chi connectivity index (χ1n) is 9.57. The Labute approximate surface area is 171 Å². The van der Waals surface area contributed by atoms with Crippen LogP contribution in [0.25, 0.3) is 0 Å². The van der Waals surface area contributed by atoms with Crippen molar-refractivity contribution in [2.24, 2.45) is 0 Å². The van der Waals surface area contributed by atoms with Crippen molar-refractivity contribution in [3.63, 3.8) is 0 Å². The average molecular weight is 419 g/mol. The molecular formula is C21H26N2O5S. The van der Waals surface area contributed by atoms with Crippen LogP contribution in [0.4, 0.5) is 5.69 Å². The molecule has 0 unspecified atom stereocenters. The van der Waals surface area contributed by atoms with Gasteiger partial charge in [-0.3, -0.25) is 4.79 Å². The number of ether oxygens (including phenoxy) is 2. The number of methoxy groups -OCH3 is 1. The van der Waals surface area contributed by atoms with Crippen molar-refractivity contribution in [2.45, 2.75) is 31.1 Å². The van der Waals surface area contributed by atoms with E-state index < -0.39 is 10.0 Å². The highest BCUT2D eigenvalue weighted by Gasteiger charge is 2.29. The summed E-state index contributed by atoms with van der Waals surface area (Å²) in [5.41, 5.74) is 1.47. The number of sulfonamides is 1. The summed E-state index contributed by atoms with van der Waals surface area (Å²) in [5, 5.41) is 2.69. The first-order chi connectivity index (χ1) is 13.9. The number of hydrogen-bond acceptors (Lipinski definition) is 5. The Balaban J connectivity index is 1.72. The number of nitrogens with one attached hydrogen (secondary N) is 1. The fraction of sp³-hybridized carbons (Fsp3) is 0.381. The summed E-state index contributed by atoms with van der Waals surface area (Å²) >= 11 is 0. The number of aryl methyl sites for hydroxylation is 1. The van der Waals surface area contributed by atoms with Gasteiger partial charge in [0.05, 0.1) is 7.11 Å². The zero-order valence-corrected chi connectivity index (χ0v) is 17.5. The topological polar surface area (TPSA) is 84.9 Å². The second-order valence-corrected chi connectivity index (χ2v) is 8.89. The molecule has 0 spiro atoms. The normalized spacial score (nSPS) is 15.0. The zero-order valence-electron chi connectivity index (χ0n) is 16.7. The van der Waals surface area contributed by atoms with Crippen LogP contribution < -0.4 is 14.8 Å². The third-order valence-corrected chi connectivity index (χ3v) is 6.69. The smallest absolute Gasteiger partial charge is 0.262 e. The van der Waals surface area contributed by atoms with E-state index in [1.165, 1.54) is 17.5 Å². The van der Waals surface area contributed by atoms with Crippen LogP contribution in [0.2, 0.25) is 0 Å². The lowest BCUT2D eigenvalue weighted by atomic mass is 10.2. The molecule has 1 amide bonds. The van der Waals surface area contributed by atoms with Crippen LogP contribution in [0, 0.1) is 6.92 Å². The Bertz CT molecular complexity index is 952. The molecule has 1 heterocycles. The Morgan fingerprint density at radius 2 is 1.76 bits per heavy atom. The van der Waals surface area contributed by atoms with Crippen molar-refractivity contribution in [2.75, 3.05) is 32.1 Å². The quantitative estimate of drug-likeness (QED) is 0.746. The fourth-order valence-electron chi connectivity index (χ4n) is 3.18. The number of amides is 1. The fourth-order valence-corrected chi connectivity index (χ4v) is 4.88. The van der Waals surface area contributed by atoms with Crippen molar-refractivity contribution in [1.29, 1.82) is 0 Å². The number of carbonyl (C=O) groups excluding carboxylic acids is 1. The van der Waals surface area contributed by atoms with Crippen LogP contribution in [0.5, 0.6) is 11.5 Å². The van der Waals surface area contributed by atoms with Gasteiger partial charge in [-0.2, -0.15) is 4.31 Å². The van der Waals surface area contributed by atoms with E-state index in [0.717, 1.165) is 24.8 Å². The highest BCUT2D eigenvalue weighted by Crippen LogP contribution is 2.31. The minimum Gasteiger partial charge on any atom is -0.495 e. The minimum atomic E-state index is -3.70. The number of benzene rings is 2. The second kappa shape index (κ2) is 9.28. The first kappa shape index (κ1) is 21.1. The Morgan fingerprint density at radius 3 is 2.41 bits per heavy atom. The van der Waals surface area contributed by atoms with Crippen LogP contribution in [-0.2, 0) is 14.8 Å². The van der Waals surface area contributed by atoms with E-state index in [1.54, 1.807) is 24.3 Å². The van der Waals surface area contributed by atoms with Gasteiger partial charge < -0.3 is 14.8 Å². The second-order valence-electron chi connectivity index (χ2n) is 6.98. The molecule has 0 atom stereocenters. The van der Waals surface area contributed by atoms with Gasteiger partial charge in [0.15, 0.2) is 6.61 Å². The van der Waals surface area contributed by atoms with Crippen LogP contribution in [0.3, 0.4) is 0 Å². The van der Waals surface area contributed by atoms with Gasteiger partial charge in [0.25, 0.3) is 5.91 Å². The SMILES string of the molecule is COc1ccc(NC(=O)COc2ccc(C)cc2)cc1S(=O)(=O)N1CCCCC1. The molecule has 0 radical (unpaired) electrons. The lowest BCUT2D eigenvalue weighted by Crippen LogP contribution is -2.35. The number of anilines is 1. The van der Waals surface area contributed by atoms with Crippen LogP contribution in [0.1, 0.15) is 24.8 Å². The third-order valence-electron chi connectivity index (χ3n) is 4.77. The van der Waals surface area contributed by atoms with Crippen LogP contribution >= 0.6 is 0 Å². The zero-order chi connectivity index (χ0) is 20.9. The molecule has 156 valence electrons. The van der Waals surface area contributed by atoms with E-state index in [4.69, 9.17) is 9.47 Å². The van der Waals surface area contributed by atoms with Gasteiger partial charge >= 0.3 is 0 Å². The molecule has 3 rings (SSSR count). The number of piperidine rings is 1. The van der Waals surface area contributed by atoms with E-state index in [2.05, 4.69) is 5.32 Å². The van der Waals surface area contributed by atoms with Crippen molar-refractivity contribution in [1.82, 2.24) is 4.31 Å². The maximum Gasteiger partial charge on any atom is 0.262 e. The van der Waals surface area contributed by atoms with Gasteiger partial charge in [0.2, 0.25) is 10.0 Å². The van der Waals surface area contributed by atoms with Gasteiger partial charge in [-0.1, -0.05) is 24.1 Å². The van der Waals surface area contributed by atoms with Crippen LogP contribution in [0.15, 0.2) is 47.4 Å². The third kappa shape index (κ3) is 5.27. The summed E-state index contributed by atoms with van der Waals surface area (Å²) in [6.07, 6.45) is 2.71. The first-order valence-corrected chi connectivity index (χ1v) is 11.0. The lowest BCUT2D eigenvalue weighted by molar-refractivity contribution is -0.118. The Hall–Kier alpha value is -2.58. The van der Waals surface area contributed by atoms with E-state index in [1.807, 2.05) is 19.1 Å². The molecule has 1 fully saturated rings.